The molecule has 1 N–H and O–H groups in total. The highest BCUT2D eigenvalue weighted by molar-refractivity contribution is 7.92. The zero-order chi connectivity index (χ0) is 19.3. The summed E-state index contributed by atoms with van der Waals surface area (Å²) in [6.07, 6.45) is 0. The minimum Gasteiger partial charge on any atom is -0.494 e. The molecule has 0 unspecified atom stereocenters. The Hall–Kier alpha value is -2.39. The molecule has 0 atom stereocenters. The van der Waals surface area contributed by atoms with Crippen LogP contribution in [-0.4, -0.2) is 62.8 Å². The van der Waals surface area contributed by atoms with Crippen LogP contribution in [0.4, 0.5) is 11.6 Å². The topological polar surface area (TPSA) is 87.7 Å². The van der Waals surface area contributed by atoms with Crippen molar-refractivity contribution in [3.63, 3.8) is 0 Å². The molecule has 1 aliphatic rings. The molecule has 0 aliphatic carbocycles. The SMILES string of the molecule is CCOc1ccc(S(=O)(=O)Nc2ccc(N3CCN(CC)CC3)nn2)cc1. The molecular formula is C18H25N5O3S. The molecule has 1 fully saturated rings. The van der Waals surface area contributed by atoms with E-state index in [1.165, 1.54) is 12.1 Å². The number of ether oxygens (including phenoxy) is 1. The number of nitrogens with zero attached hydrogens (tertiary/aromatic N) is 4. The van der Waals surface area contributed by atoms with E-state index in [0.717, 1.165) is 38.5 Å². The van der Waals surface area contributed by atoms with Gasteiger partial charge in [0.15, 0.2) is 11.6 Å². The molecule has 2 aromatic rings. The number of hydrogen-bond donors (Lipinski definition) is 1. The minimum atomic E-state index is -3.72. The van der Waals surface area contributed by atoms with Gasteiger partial charge in [0.05, 0.1) is 11.5 Å². The fourth-order valence-electron chi connectivity index (χ4n) is 2.92. The van der Waals surface area contributed by atoms with Crippen LogP contribution in [0.15, 0.2) is 41.3 Å². The second-order valence-electron chi connectivity index (χ2n) is 6.21. The largest absolute Gasteiger partial charge is 0.494 e. The molecule has 8 nitrogen and oxygen atoms in total. The van der Waals surface area contributed by atoms with Gasteiger partial charge in [0.2, 0.25) is 0 Å². The van der Waals surface area contributed by atoms with Crippen molar-refractivity contribution in [3.05, 3.63) is 36.4 Å². The van der Waals surface area contributed by atoms with Gasteiger partial charge < -0.3 is 14.5 Å². The number of sulfonamides is 1. The second kappa shape index (κ2) is 8.53. The smallest absolute Gasteiger partial charge is 0.263 e. The van der Waals surface area contributed by atoms with Gasteiger partial charge in [0.1, 0.15) is 5.75 Å². The van der Waals surface area contributed by atoms with Crippen LogP contribution in [-0.2, 0) is 10.0 Å². The summed E-state index contributed by atoms with van der Waals surface area (Å²) in [6, 6.07) is 9.70. The number of anilines is 2. The fourth-order valence-corrected chi connectivity index (χ4v) is 3.92. The second-order valence-corrected chi connectivity index (χ2v) is 7.89. The lowest BCUT2D eigenvalue weighted by Crippen LogP contribution is -2.46. The molecule has 2 heterocycles. The van der Waals surface area contributed by atoms with Crippen LogP contribution < -0.4 is 14.4 Å². The maximum absolute atomic E-state index is 12.5. The van der Waals surface area contributed by atoms with Gasteiger partial charge in [-0.1, -0.05) is 6.92 Å². The third kappa shape index (κ3) is 4.86. The highest BCUT2D eigenvalue weighted by Crippen LogP contribution is 2.19. The Labute approximate surface area is 160 Å². The summed E-state index contributed by atoms with van der Waals surface area (Å²) in [4.78, 5) is 4.68. The predicted octanol–water partition coefficient (Wildman–Crippen LogP) is 1.82. The van der Waals surface area contributed by atoms with E-state index in [-0.39, 0.29) is 10.7 Å². The van der Waals surface area contributed by atoms with Crippen LogP contribution in [0, 0.1) is 0 Å². The number of benzene rings is 1. The average molecular weight is 391 g/mol. The first-order valence-electron chi connectivity index (χ1n) is 9.08. The molecule has 1 aliphatic heterocycles. The van der Waals surface area contributed by atoms with Crippen molar-refractivity contribution in [1.82, 2.24) is 15.1 Å². The molecular weight excluding hydrogens is 366 g/mol. The van der Waals surface area contributed by atoms with Gasteiger partial charge >= 0.3 is 0 Å². The Balaban J connectivity index is 1.65. The predicted molar refractivity (Wildman–Crippen MR) is 105 cm³/mol. The molecule has 146 valence electrons. The van der Waals surface area contributed by atoms with Crippen molar-refractivity contribution >= 4 is 21.7 Å². The molecule has 0 amide bonds. The van der Waals surface area contributed by atoms with E-state index in [9.17, 15) is 8.42 Å². The van der Waals surface area contributed by atoms with Crippen molar-refractivity contribution in [2.24, 2.45) is 0 Å². The normalized spacial score (nSPS) is 15.6. The van der Waals surface area contributed by atoms with Crippen molar-refractivity contribution in [2.45, 2.75) is 18.7 Å². The van der Waals surface area contributed by atoms with Crippen molar-refractivity contribution < 1.29 is 13.2 Å². The number of nitrogens with one attached hydrogen (secondary N) is 1. The monoisotopic (exact) mass is 391 g/mol. The number of likely N-dealkylation sites (N-methyl/N-ethyl adjacent to an activating group) is 1. The van der Waals surface area contributed by atoms with E-state index in [0.29, 0.717) is 12.4 Å². The quantitative estimate of drug-likeness (QED) is 0.770. The van der Waals surface area contributed by atoms with Crippen LogP contribution >= 0.6 is 0 Å². The number of aromatic nitrogens is 2. The number of rotatable bonds is 7. The van der Waals surface area contributed by atoms with Gasteiger partial charge in [-0.05, 0) is 49.9 Å². The van der Waals surface area contributed by atoms with Crippen LogP contribution in [0.2, 0.25) is 0 Å². The third-order valence-corrected chi connectivity index (χ3v) is 5.85. The van der Waals surface area contributed by atoms with Gasteiger partial charge in [0, 0.05) is 26.2 Å². The van der Waals surface area contributed by atoms with E-state index >= 15 is 0 Å². The summed E-state index contributed by atoms with van der Waals surface area (Å²) in [7, 11) is -3.72. The Morgan fingerprint density at radius 3 is 2.26 bits per heavy atom. The fraction of sp³-hybridized carbons (Fsp3) is 0.444. The Bertz CT molecular complexity index is 832. The van der Waals surface area contributed by atoms with Gasteiger partial charge in [-0.25, -0.2) is 8.42 Å². The standard InChI is InChI=1S/C18H25N5O3S/c1-3-22-11-13-23(14-12-22)18-10-9-17(19-20-18)21-27(24,25)16-7-5-15(6-8-16)26-4-2/h5-10H,3-4,11-14H2,1-2H3,(H,19,21). The lowest BCUT2D eigenvalue weighted by molar-refractivity contribution is 0.270. The number of piperazine rings is 1. The van der Waals surface area contributed by atoms with Crippen LogP contribution in [0.5, 0.6) is 5.75 Å². The zero-order valence-electron chi connectivity index (χ0n) is 15.6. The summed E-state index contributed by atoms with van der Waals surface area (Å²) in [5, 5.41) is 8.21. The molecule has 0 saturated carbocycles. The molecule has 0 bridgehead atoms. The van der Waals surface area contributed by atoms with Gasteiger partial charge in [-0.15, -0.1) is 10.2 Å². The first-order valence-corrected chi connectivity index (χ1v) is 10.6. The van der Waals surface area contributed by atoms with Crippen molar-refractivity contribution in [3.8, 4) is 5.75 Å². The molecule has 1 aromatic heterocycles. The van der Waals surface area contributed by atoms with E-state index in [4.69, 9.17) is 4.74 Å². The van der Waals surface area contributed by atoms with Crippen LogP contribution in [0.25, 0.3) is 0 Å². The summed E-state index contributed by atoms with van der Waals surface area (Å²) in [6.45, 7) is 9.36. The van der Waals surface area contributed by atoms with Crippen LogP contribution in [0.3, 0.4) is 0 Å². The minimum absolute atomic E-state index is 0.146. The molecule has 1 saturated heterocycles. The first-order chi connectivity index (χ1) is 13.0. The van der Waals surface area contributed by atoms with Crippen LogP contribution in [0.1, 0.15) is 13.8 Å². The van der Waals surface area contributed by atoms with E-state index in [1.807, 2.05) is 6.92 Å². The van der Waals surface area contributed by atoms with E-state index < -0.39 is 10.0 Å². The third-order valence-electron chi connectivity index (χ3n) is 4.48. The maximum atomic E-state index is 12.5. The molecule has 1 aromatic carbocycles. The Morgan fingerprint density at radius 2 is 1.70 bits per heavy atom. The molecule has 0 spiro atoms. The summed E-state index contributed by atoms with van der Waals surface area (Å²) in [5.74, 6) is 1.58. The number of hydrogen-bond acceptors (Lipinski definition) is 7. The zero-order valence-corrected chi connectivity index (χ0v) is 16.4. The summed E-state index contributed by atoms with van der Waals surface area (Å²) < 4.78 is 32.8. The van der Waals surface area contributed by atoms with E-state index in [1.54, 1.807) is 24.3 Å². The summed E-state index contributed by atoms with van der Waals surface area (Å²) >= 11 is 0. The maximum Gasteiger partial charge on any atom is 0.263 e. The molecule has 27 heavy (non-hydrogen) atoms. The van der Waals surface area contributed by atoms with Crippen molar-refractivity contribution in [2.75, 3.05) is 49.0 Å². The average Bonchev–Trinajstić information content (AvgIpc) is 2.69. The highest BCUT2D eigenvalue weighted by Gasteiger charge is 2.18. The van der Waals surface area contributed by atoms with E-state index in [2.05, 4.69) is 31.6 Å². The van der Waals surface area contributed by atoms with Gasteiger partial charge in [-0.2, -0.15) is 0 Å². The Kier molecular flexibility index (Phi) is 6.12. The molecule has 0 radical (unpaired) electrons. The lowest BCUT2D eigenvalue weighted by Gasteiger charge is -2.34. The van der Waals surface area contributed by atoms with Crippen molar-refractivity contribution in [1.29, 1.82) is 0 Å². The van der Waals surface area contributed by atoms with Gasteiger partial charge in [0.25, 0.3) is 10.0 Å². The van der Waals surface area contributed by atoms with Gasteiger partial charge in [-0.3, -0.25) is 4.72 Å². The molecule has 3 rings (SSSR count). The lowest BCUT2D eigenvalue weighted by atomic mass is 10.3. The Morgan fingerprint density at radius 1 is 1.00 bits per heavy atom. The molecule has 9 heteroatoms. The summed E-state index contributed by atoms with van der Waals surface area (Å²) in [5.41, 5.74) is 0. The first kappa shape index (κ1) is 19.4. The highest BCUT2D eigenvalue weighted by atomic mass is 32.2.